The predicted octanol–water partition coefficient (Wildman–Crippen LogP) is 2.95. The number of aromatic nitrogens is 1. The molecule has 5 heteroatoms. The van der Waals surface area contributed by atoms with E-state index in [0.29, 0.717) is 12.4 Å². The van der Waals surface area contributed by atoms with Gasteiger partial charge in [-0.1, -0.05) is 11.6 Å². The Balaban J connectivity index is 2.13. The number of nitrogens with two attached hydrogens (primary N) is 1. The average molecular weight is 243 g/mol. The summed E-state index contributed by atoms with van der Waals surface area (Å²) in [4.78, 5) is 5.32. The van der Waals surface area contributed by atoms with Crippen LogP contribution in [0.4, 0.5) is 0 Å². The molecule has 0 saturated carbocycles. The zero-order valence-electron chi connectivity index (χ0n) is 8.07. The van der Waals surface area contributed by atoms with Crippen LogP contribution >= 0.6 is 22.9 Å². The van der Waals surface area contributed by atoms with Crippen molar-refractivity contribution in [3.63, 3.8) is 0 Å². The number of rotatable bonds is 4. The van der Waals surface area contributed by atoms with E-state index in [1.54, 1.807) is 6.26 Å². The smallest absolute Gasteiger partial charge is 0.236 e. The first-order valence-electron chi connectivity index (χ1n) is 4.70. The summed E-state index contributed by atoms with van der Waals surface area (Å²) in [6, 6.07) is 3.75. The number of nitrogens with zero attached hydrogens (tertiary/aromatic N) is 1. The van der Waals surface area contributed by atoms with Crippen molar-refractivity contribution in [3.8, 4) is 10.8 Å². The molecule has 0 atom stereocenters. The van der Waals surface area contributed by atoms with E-state index in [-0.39, 0.29) is 0 Å². The zero-order chi connectivity index (χ0) is 10.7. The molecule has 15 heavy (non-hydrogen) atoms. The summed E-state index contributed by atoms with van der Waals surface area (Å²) in [6.45, 7) is 0.674. The summed E-state index contributed by atoms with van der Waals surface area (Å²) >= 11 is 7.30. The van der Waals surface area contributed by atoms with Crippen LogP contribution in [0.25, 0.3) is 10.8 Å². The highest BCUT2D eigenvalue weighted by atomic mass is 35.5. The maximum absolute atomic E-state index is 5.83. The molecular formula is C10H11ClN2OS. The second-order valence-corrected chi connectivity index (χ2v) is 4.86. The van der Waals surface area contributed by atoms with Crippen LogP contribution in [0.1, 0.15) is 12.1 Å². The maximum atomic E-state index is 5.83. The van der Waals surface area contributed by atoms with Gasteiger partial charge in [-0.15, -0.1) is 11.3 Å². The molecule has 0 bridgehead atoms. The Morgan fingerprint density at radius 2 is 2.33 bits per heavy atom. The molecule has 0 aliphatic heterocycles. The van der Waals surface area contributed by atoms with Gasteiger partial charge < -0.3 is 10.2 Å². The maximum Gasteiger partial charge on any atom is 0.236 e. The Hall–Kier alpha value is -0.840. The van der Waals surface area contributed by atoms with Crippen molar-refractivity contribution in [3.05, 3.63) is 28.4 Å². The standard InChI is InChI=1S/C10H11ClN2OS/c11-9-4-3-8(15-9)10-13-7(6-14-10)2-1-5-12/h3-4,6H,1-2,5,12H2. The van der Waals surface area contributed by atoms with Gasteiger partial charge in [-0.25, -0.2) is 4.98 Å². The van der Waals surface area contributed by atoms with Crippen LogP contribution in [-0.4, -0.2) is 11.5 Å². The minimum absolute atomic E-state index is 0.638. The fourth-order valence-corrected chi connectivity index (χ4v) is 2.22. The van der Waals surface area contributed by atoms with Gasteiger partial charge >= 0.3 is 0 Å². The van der Waals surface area contributed by atoms with Crippen LogP contribution in [0.5, 0.6) is 0 Å². The van der Waals surface area contributed by atoms with Crippen molar-refractivity contribution in [2.75, 3.05) is 6.54 Å². The van der Waals surface area contributed by atoms with Crippen LogP contribution in [0.3, 0.4) is 0 Å². The van der Waals surface area contributed by atoms with E-state index in [1.165, 1.54) is 11.3 Å². The number of hydrogen-bond donors (Lipinski definition) is 1. The summed E-state index contributed by atoms with van der Waals surface area (Å²) < 4.78 is 6.10. The molecule has 0 aliphatic carbocycles. The van der Waals surface area contributed by atoms with Crippen molar-refractivity contribution in [1.82, 2.24) is 4.98 Å². The highest BCUT2D eigenvalue weighted by molar-refractivity contribution is 7.19. The van der Waals surface area contributed by atoms with E-state index in [4.69, 9.17) is 21.8 Å². The number of oxazole rings is 1. The van der Waals surface area contributed by atoms with Gasteiger partial charge in [-0.2, -0.15) is 0 Å². The van der Waals surface area contributed by atoms with Gasteiger partial charge in [-0.05, 0) is 31.5 Å². The fourth-order valence-electron chi connectivity index (χ4n) is 1.25. The molecule has 0 aromatic carbocycles. The number of hydrogen-bond acceptors (Lipinski definition) is 4. The van der Waals surface area contributed by atoms with Crippen molar-refractivity contribution in [2.24, 2.45) is 5.73 Å². The minimum Gasteiger partial charge on any atom is -0.444 e. The minimum atomic E-state index is 0.638. The van der Waals surface area contributed by atoms with Crippen LogP contribution in [-0.2, 0) is 6.42 Å². The summed E-state index contributed by atoms with van der Waals surface area (Å²) in [5, 5.41) is 0. The number of thiophene rings is 1. The quantitative estimate of drug-likeness (QED) is 0.897. The van der Waals surface area contributed by atoms with Crippen LogP contribution in [0, 0.1) is 0 Å². The second kappa shape index (κ2) is 4.79. The molecule has 0 aliphatic rings. The van der Waals surface area contributed by atoms with Crippen LogP contribution in [0.15, 0.2) is 22.8 Å². The van der Waals surface area contributed by atoms with Crippen LogP contribution < -0.4 is 5.73 Å². The molecule has 3 nitrogen and oxygen atoms in total. The van der Waals surface area contributed by atoms with Crippen LogP contribution in [0.2, 0.25) is 4.34 Å². The summed E-state index contributed by atoms with van der Waals surface area (Å²) in [5.74, 6) is 0.638. The monoisotopic (exact) mass is 242 g/mol. The van der Waals surface area contributed by atoms with Gasteiger partial charge in [0.2, 0.25) is 5.89 Å². The third-order valence-electron chi connectivity index (χ3n) is 1.97. The molecule has 2 heterocycles. The predicted molar refractivity (Wildman–Crippen MR) is 62.2 cm³/mol. The molecule has 2 N–H and O–H groups in total. The lowest BCUT2D eigenvalue weighted by molar-refractivity contribution is 0.573. The van der Waals surface area contributed by atoms with Gasteiger partial charge in [-0.3, -0.25) is 0 Å². The van der Waals surface area contributed by atoms with E-state index < -0.39 is 0 Å². The zero-order valence-corrected chi connectivity index (χ0v) is 9.64. The van der Waals surface area contributed by atoms with E-state index in [0.717, 1.165) is 27.7 Å². The van der Waals surface area contributed by atoms with Crippen molar-refractivity contribution < 1.29 is 4.42 Å². The molecular weight excluding hydrogens is 232 g/mol. The van der Waals surface area contributed by atoms with E-state index >= 15 is 0 Å². The Bertz CT molecular complexity index is 438. The highest BCUT2D eigenvalue weighted by Gasteiger charge is 2.08. The van der Waals surface area contributed by atoms with E-state index in [9.17, 15) is 0 Å². The number of aryl methyl sites for hydroxylation is 1. The van der Waals surface area contributed by atoms with Crippen molar-refractivity contribution in [1.29, 1.82) is 0 Å². The first-order valence-corrected chi connectivity index (χ1v) is 5.89. The van der Waals surface area contributed by atoms with Gasteiger partial charge in [0, 0.05) is 0 Å². The van der Waals surface area contributed by atoms with Crippen molar-refractivity contribution >= 4 is 22.9 Å². The summed E-state index contributed by atoms with van der Waals surface area (Å²) in [6.07, 6.45) is 3.47. The first-order chi connectivity index (χ1) is 7.29. The molecule has 0 amide bonds. The van der Waals surface area contributed by atoms with Gasteiger partial charge in [0.15, 0.2) is 0 Å². The topological polar surface area (TPSA) is 52.0 Å². The molecule has 2 aromatic rings. The molecule has 2 aromatic heterocycles. The SMILES string of the molecule is NCCCc1coc(-c2ccc(Cl)s2)n1. The molecule has 2 rings (SSSR count). The van der Waals surface area contributed by atoms with Crippen molar-refractivity contribution in [2.45, 2.75) is 12.8 Å². The molecule has 0 saturated heterocycles. The van der Waals surface area contributed by atoms with Gasteiger partial charge in [0.05, 0.1) is 14.9 Å². The Kier molecular flexibility index (Phi) is 3.41. The third kappa shape index (κ3) is 2.59. The lowest BCUT2D eigenvalue weighted by Crippen LogP contribution is -2.00. The van der Waals surface area contributed by atoms with Gasteiger partial charge in [0.1, 0.15) is 6.26 Å². The molecule has 0 unspecified atom stereocenters. The molecule has 80 valence electrons. The first kappa shape index (κ1) is 10.7. The molecule has 0 radical (unpaired) electrons. The third-order valence-corrected chi connectivity index (χ3v) is 3.19. The number of halogens is 1. The van der Waals surface area contributed by atoms with E-state index in [2.05, 4.69) is 4.98 Å². The lowest BCUT2D eigenvalue weighted by atomic mass is 10.2. The largest absolute Gasteiger partial charge is 0.444 e. The second-order valence-electron chi connectivity index (χ2n) is 3.14. The highest BCUT2D eigenvalue weighted by Crippen LogP contribution is 2.30. The Morgan fingerprint density at radius 3 is 3.00 bits per heavy atom. The van der Waals surface area contributed by atoms with Gasteiger partial charge in [0.25, 0.3) is 0 Å². The fraction of sp³-hybridized carbons (Fsp3) is 0.300. The van der Waals surface area contributed by atoms with E-state index in [1.807, 2.05) is 12.1 Å². The Labute approximate surface area is 96.9 Å². The summed E-state index contributed by atoms with van der Waals surface area (Å²) in [7, 11) is 0. The molecule has 0 spiro atoms. The lowest BCUT2D eigenvalue weighted by Gasteiger charge is -1.90. The normalized spacial score (nSPS) is 10.8. The average Bonchev–Trinajstić information content (AvgIpc) is 2.83. The summed E-state index contributed by atoms with van der Waals surface area (Å²) in [5.41, 5.74) is 6.37. The Morgan fingerprint density at radius 1 is 1.47 bits per heavy atom. The molecule has 0 fully saturated rings.